The Balaban J connectivity index is 1.96. The number of alkyl halides is 1. The summed E-state index contributed by atoms with van der Waals surface area (Å²) in [6.07, 6.45) is -0.0906. The van der Waals surface area contributed by atoms with E-state index in [-0.39, 0.29) is 24.0 Å². The van der Waals surface area contributed by atoms with Gasteiger partial charge in [-0.1, -0.05) is 0 Å². The second-order valence-corrected chi connectivity index (χ2v) is 4.61. The average Bonchev–Trinajstić information content (AvgIpc) is 2.43. The van der Waals surface area contributed by atoms with Crippen molar-refractivity contribution in [3.8, 4) is 0 Å². The molecule has 2 heterocycles. The van der Waals surface area contributed by atoms with Gasteiger partial charge in [-0.3, -0.25) is 9.78 Å². The zero-order valence-electron chi connectivity index (χ0n) is 10.3. The molecule has 2 aromatic rings. The van der Waals surface area contributed by atoms with Gasteiger partial charge < -0.3 is 4.90 Å². The molecular weight excluding hydrogens is 271 g/mol. The van der Waals surface area contributed by atoms with Crippen LogP contribution in [0.5, 0.6) is 0 Å². The molecule has 7 heteroatoms. The Bertz CT molecular complexity index is 692. The number of rotatable bonds is 1. The summed E-state index contributed by atoms with van der Waals surface area (Å²) in [6.45, 7) is 0.242. The number of piperidine rings is 1. The predicted molar refractivity (Wildman–Crippen MR) is 66.2 cm³/mol. The lowest BCUT2D eigenvalue weighted by atomic mass is 10.1. The van der Waals surface area contributed by atoms with E-state index >= 15 is 0 Å². The minimum Gasteiger partial charge on any atom is -0.351 e. The van der Waals surface area contributed by atoms with Crippen LogP contribution in [0.1, 0.15) is 6.42 Å². The third-order valence-corrected chi connectivity index (χ3v) is 3.25. The van der Waals surface area contributed by atoms with Gasteiger partial charge in [0.1, 0.15) is 5.82 Å². The highest BCUT2D eigenvalue weighted by Crippen LogP contribution is 2.21. The van der Waals surface area contributed by atoms with Crippen LogP contribution < -0.4 is 4.90 Å². The lowest BCUT2D eigenvalue weighted by Gasteiger charge is -2.28. The van der Waals surface area contributed by atoms with Crippen LogP contribution in [0.25, 0.3) is 11.0 Å². The molecule has 1 aromatic carbocycles. The van der Waals surface area contributed by atoms with E-state index in [9.17, 15) is 18.0 Å². The number of halogens is 3. The van der Waals surface area contributed by atoms with E-state index in [1.54, 1.807) is 4.90 Å². The number of hydrogen-bond donors (Lipinski definition) is 0. The quantitative estimate of drug-likeness (QED) is 0.802. The Morgan fingerprint density at radius 2 is 1.90 bits per heavy atom. The molecule has 0 spiro atoms. The van der Waals surface area contributed by atoms with Crippen molar-refractivity contribution in [3.05, 3.63) is 30.0 Å². The molecule has 3 rings (SSSR count). The number of aromatic nitrogens is 2. The van der Waals surface area contributed by atoms with Crippen molar-refractivity contribution in [1.29, 1.82) is 0 Å². The van der Waals surface area contributed by atoms with Gasteiger partial charge in [0.05, 0.1) is 23.8 Å². The molecule has 4 nitrogen and oxygen atoms in total. The number of carbonyl (C=O) groups excluding carboxylic acids is 1. The van der Waals surface area contributed by atoms with Crippen molar-refractivity contribution in [1.82, 2.24) is 9.97 Å². The molecule has 104 valence electrons. The van der Waals surface area contributed by atoms with Crippen molar-refractivity contribution in [2.24, 2.45) is 0 Å². The Hall–Kier alpha value is -2.18. The second kappa shape index (κ2) is 4.73. The third kappa shape index (κ3) is 2.19. The Labute approximate surface area is 112 Å². The second-order valence-electron chi connectivity index (χ2n) is 4.61. The molecule has 0 bridgehead atoms. The fourth-order valence-electron chi connectivity index (χ4n) is 2.15. The van der Waals surface area contributed by atoms with Gasteiger partial charge >= 0.3 is 0 Å². The van der Waals surface area contributed by atoms with Gasteiger partial charge in [0.15, 0.2) is 23.6 Å². The first-order chi connectivity index (χ1) is 9.54. The fourth-order valence-corrected chi connectivity index (χ4v) is 2.15. The van der Waals surface area contributed by atoms with Gasteiger partial charge in [0.25, 0.3) is 0 Å². The van der Waals surface area contributed by atoms with Gasteiger partial charge in [0, 0.05) is 25.1 Å². The molecule has 0 saturated carbocycles. The molecule has 0 N–H and O–H groups in total. The van der Waals surface area contributed by atoms with Crippen LogP contribution in [0, 0.1) is 11.6 Å². The molecule has 0 radical (unpaired) electrons. The third-order valence-electron chi connectivity index (χ3n) is 3.25. The van der Waals surface area contributed by atoms with Gasteiger partial charge in [-0.25, -0.2) is 18.2 Å². The van der Waals surface area contributed by atoms with E-state index in [0.717, 1.165) is 12.1 Å². The highest BCUT2D eigenvalue weighted by Gasteiger charge is 2.27. The monoisotopic (exact) mass is 281 g/mol. The molecule has 0 aliphatic carbocycles. The summed E-state index contributed by atoms with van der Waals surface area (Å²) in [4.78, 5) is 20.8. The van der Waals surface area contributed by atoms with Crippen molar-refractivity contribution in [2.45, 2.75) is 12.6 Å². The Morgan fingerprint density at radius 1 is 1.20 bits per heavy atom. The molecule has 1 unspecified atom stereocenters. The van der Waals surface area contributed by atoms with Crippen LogP contribution >= 0.6 is 0 Å². The number of Topliss-reactive ketones (excluding diaryl/α,β-unsaturated/α-hetero) is 1. The van der Waals surface area contributed by atoms with Crippen molar-refractivity contribution in [3.63, 3.8) is 0 Å². The Kier molecular flexibility index (Phi) is 3.04. The van der Waals surface area contributed by atoms with Crippen LogP contribution in [0.4, 0.5) is 19.0 Å². The van der Waals surface area contributed by atoms with Crippen LogP contribution in [0.2, 0.25) is 0 Å². The fraction of sp³-hybridized carbons (Fsp3) is 0.308. The number of hydrogen-bond acceptors (Lipinski definition) is 4. The normalized spacial score (nSPS) is 19.6. The molecule has 0 amide bonds. The van der Waals surface area contributed by atoms with Gasteiger partial charge in [-0.05, 0) is 0 Å². The maximum absolute atomic E-state index is 13.4. The van der Waals surface area contributed by atoms with E-state index in [4.69, 9.17) is 0 Å². The molecule has 20 heavy (non-hydrogen) atoms. The van der Waals surface area contributed by atoms with Crippen LogP contribution in [-0.2, 0) is 4.79 Å². The summed E-state index contributed by atoms with van der Waals surface area (Å²) < 4.78 is 39.6. The molecule has 1 aliphatic rings. The first kappa shape index (κ1) is 12.8. The maximum Gasteiger partial charge on any atom is 0.175 e. The Morgan fingerprint density at radius 3 is 2.60 bits per heavy atom. The number of fused-ring (bicyclic) bond motifs is 1. The average molecular weight is 281 g/mol. The highest BCUT2D eigenvalue weighted by molar-refractivity contribution is 5.85. The summed E-state index contributed by atoms with van der Waals surface area (Å²) in [5, 5.41) is 0. The number of anilines is 1. The molecule has 1 aliphatic heterocycles. The summed E-state index contributed by atoms with van der Waals surface area (Å²) in [6, 6.07) is 1.91. The standard InChI is InChI=1S/C13H10F3N3O/c14-7-3-10-11(4-8(7)15)18-13(5-17-10)19-2-1-12(20)9(16)6-19/h3-5,9H,1-2,6H2. The van der Waals surface area contributed by atoms with Crippen LogP contribution in [0.3, 0.4) is 0 Å². The van der Waals surface area contributed by atoms with E-state index in [2.05, 4.69) is 9.97 Å². The number of ketones is 1. The summed E-state index contributed by atoms with van der Waals surface area (Å²) in [5.74, 6) is -2.09. The van der Waals surface area contributed by atoms with Gasteiger partial charge in [-0.15, -0.1) is 0 Å². The summed E-state index contributed by atoms with van der Waals surface area (Å²) in [7, 11) is 0. The molecule has 1 saturated heterocycles. The lowest BCUT2D eigenvalue weighted by molar-refractivity contribution is -0.124. The van der Waals surface area contributed by atoms with Gasteiger partial charge in [-0.2, -0.15) is 0 Å². The van der Waals surface area contributed by atoms with E-state index in [1.165, 1.54) is 6.20 Å². The maximum atomic E-state index is 13.4. The van der Waals surface area contributed by atoms with Crippen molar-refractivity contribution < 1.29 is 18.0 Å². The van der Waals surface area contributed by atoms with E-state index in [1.807, 2.05) is 0 Å². The molecule has 1 fully saturated rings. The zero-order chi connectivity index (χ0) is 14.3. The molecular formula is C13H10F3N3O. The number of nitrogens with zero attached hydrogens (tertiary/aromatic N) is 3. The van der Waals surface area contributed by atoms with E-state index < -0.39 is 23.6 Å². The van der Waals surface area contributed by atoms with Crippen molar-refractivity contribution >= 4 is 22.6 Å². The lowest BCUT2D eigenvalue weighted by Crippen LogP contribution is -2.42. The van der Waals surface area contributed by atoms with Crippen LogP contribution in [0.15, 0.2) is 18.3 Å². The summed E-state index contributed by atoms with van der Waals surface area (Å²) in [5.41, 5.74) is 0.409. The smallest absolute Gasteiger partial charge is 0.175 e. The zero-order valence-corrected chi connectivity index (χ0v) is 10.3. The number of carbonyl (C=O) groups is 1. The number of benzene rings is 1. The van der Waals surface area contributed by atoms with Gasteiger partial charge in [0.2, 0.25) is 0 Å². The largest absolute Gasteiger partial charge is 0.351 e. The van der Waals surface area contributed by atoms with E-state index in [0.29, 0.717) is 12.4 Å². The first-order valence-corrected chi connectivity index (χ1v) is 6.08. The molecule has 1 atom stereocenters. The highest BCUT2D eigenvalue weighted by atomic mass is 19.2. The SMILES string of the molecule is O=C1CCN(c2cnc3cc(F)c(F)cc3n2)CC1F. The topological polar surface area (TPSA) is 46.1 Å². The first-order valence-electron chi connectivity index (χ1n) is 6.08. The van der Waals surface area contributed by atoms with Crippen LogP contribution in [-0.4, -0.2) is 35.0 Å². The summed E-state index contributed by atoms with van der Waals surface area (Å²) >= 11 is 0. The van der Waals surface area contributed by atoms with Crippen molar-refractivity contribution in [2.75, 3.05) is 18.0 Å². The minimum atomic E-state index is -1.55. The predicted octanol–water partition coefficient (Wildman–Crippen LogP) is 2.03. The molecule has 1 aromatic heterocycles. The minimum absolute atomic E-state index is 0.0945.